The fourth-order valence-corrected chi connectivity index (χ4v) is 7.41. The summed E-state index contributed by atoms with van der Waals surface area (Å²) in [7, 11) is 1.71. The van der Waals surface area contributed by atoms with Crippen molar-refractivity contribution in [2.45, 2.75) is 278 Å². The van der Waals surface area contributed by atoms with Gasteiger partial charge >= 0.3 is 11.9 Å². The zero-order valence-electron chi connectivity index (χ0n) is 40.3. The number of unbranched alkanes of at least 4 members (excludes halogenated alkanes) is 28. The standard InChI is InChI=1S/C51H99NO7/c1-8-10-12-14-16-18-20-22-24-26-28-30-32-34-36-38-48(53)52-44-47(50(55)58-42-40-45(3)46(4)57-43-41-51(5,6)56-7)59-49(54)39-37-35-33-31-29-27-25-23-21-19-17-15-13-11-9-2/h45-47H,8-44H2,1-7H3,(H,52,53). The van der Waals surface area contributed by atoms with Gasteiger partial charge in [-0.3, -0.25) is 9.59 Å². The molecule has 0 aromatic heterocycles. The lowest BCUT2D eigenvalue weighted by molar-refractivity contribution is -0.168. The summed E-state index contributed by atoms with van der Waals surface area (Å²) in [6, 6.07) is 0. The van der Waals surface area contributed by atoms with E-state index in [9.17, 15) is 14.4 Å². The zero-order chi connectivity index (χ0) is 43.7. The normalized spacial score (nSPS) is 13.3. The summed E-state index contributed by atoms with van der Waals surface area (Å²) in [5.74, 6) is -0.973. The molecule has 0 aromatic carbocycles. The number of ether oxygens (including phenoxy) is 4. The molecule has 0 rings (SSSR count). The molecule has 0 saturated carbocycles. The van der Waals surface area contributed by atoms with Gasteiger partial charge < -0.3 is 24.3 Å². The Bertz CT molecular complexity index is 956. The molecule has 8 heteroatoms. The smallest absolute Gasteiger partial charge is 0.349 e. The van der Waals surface area contributed by atoms with E-state index in [0.717, 1.165) is 44.9 Å². The Morgan fingerprint density at radius 1 is 0.542 bits per heavy atom. The van der Waals surface area contributed by atoms with Crippen molar-refractivity contribution in [1.82, 2.24) is 5.32 Å². The topological polar surface area (TPSA) is 100 Å². The lowest BCUT2D eigenvalue weighted by atomic mass is 10.0. The summed E-state index contributed by atoms with van der Waals surface area (Å²) in [6.45, 7) is 13.4. The van der Waals surface area contributed by atoms with Crippen molar-refractivity contribution in [1.29, 1.82) is 0 Å². The number of rotatable bonds is 45. The second kappa shape index (κ2) is 41.7. The number of hydrogen-bond donors (Lipinski definition) is 1. The number of methoxy groups -OCH3 is 1. The van der Waals surface area contributed by atoms with Crippen molar-refractivity contribution >= 4 is 17.8 Å². The molecule has 0 heterocycles. The molecule has 1 N–H and O–H groups in total. The van der Waals surface area contributed by atoms with Crippen molar-refractivity contribution in [3.8, 4) is 0 Å². The van der Waals surface area contributed by atoms with Gasteiger partial charge in [-0.1, -0.05) is 201 Å². The van der Waals surface area contributed by atoms with Crippen molar-refractivity contribution in [3.05, 3.63) is 0 Å². The van der Waals surface area contributed by atoms with Crippen LogP contribution in [0, 0.1) is 5.92 Å². The second-order valence-electron chi connectivity index (χ2n) is 18.4. The molecule has 59 heavy (non-hydrogen) atoms. The summed E-state index contributed by atoms with van der Waals surface area (Å²) in [5, 5.41) is 2.85. The van der Waals surface area contributed by atoms with Crippen LogP contribution in [0.3, 0.4) is 0 Å². The van der Waals surface area contributed by atoms with Gasteiger partial charge in [0.25, 0.3) is 0 Å². The molecule has 8 nitrogen and oxygen atoms in total. The third-order valence-electron chi connectivity index (χ3n) is 12.3. The maximum absolute atomic E-state index is 13.2. The van der Waals surface area contributed by atoms with Crippen LogP contribution in [-0.2, 0) is 33.3 Å². The first-order valence-corrected chi connectivity index (χ1v) is 25.4. The molecule has 1 amide bonds. The second-order valence-corrected chi connectivity index (χ2v) is 18.4. The van der Waals surface area contributed by atoms with Gasteiger partial charge in [0, 0.05) is 26.6 Å². The van der Waals surface area contributed by atoms with E-state index < -0.39 is 18.0 Å². The first-order chi connectivity index (χ1) is 28.6. The van der Waals surface area contributed by atoms with Gasteiger partial charge in [-0.25, -0.2) is 4.79 Å². The molecule has 0 fully saturated rings. The van der Waals surface area contributed by atoms with Crippen LogP contribution in [0.25, 0.3) is 0 Å². The van der Waals surface area contributed by atoms with Crippen LogP contribution >= 0.6 is 0 Å². The quantitative estimate of drug-likeness (QED) is 0.0481. The van der Waals surface area contributed by atoms with Gasteiger partial charge in [-0.15, -0.1) is 0 Å². The molecular formula is C51H99NO7. The third-order valence-corrected chi connectivity index (χ3v) is 12.3. The third kappa shape index (κ3) is 39.0. The summed E-state index contributed by atoms with van der Waals surface area (Å²) >= 11 is 0. The van der Waals surface area contributed by atoms with Crippen molar-refractivity contribution in [2.24, 2.45) is 5.92 Å². The number of esters is 2. The maximum atomic E-state index is 13.2. The number of hydrogen-bond acceptors (Lipinski definition) is 7. The Labute approximate surface area is 365 Å². The van der Waals surface area contributed by atoms with Crippen LogP contribution in [0.1, 0.15) is 260 Å². The molecule has 3 unspecified atom stereocenters. The largest absolute Gasteiger partial charge is 0.463 e. The van der Waals surface area contributed by atoms with Gasteiger partial charge in [0.05, 0.1) is 24.9 Å². The van der Waals surface area contributed by atoms with E-state index in [1.165, 1.54) is 154 Å². The fraction of sp³-hybridized carbons (Fsp3) is 0.941. The number of nitrogens with one attached hydrogen (secondary N) is 1. The average molecular weight is 838 g/mol. The van der Waals surface area contributed by atoms with E-state index in [2.05, 4.69) is 26.1 Å². The van der Waals surface area contributed by atoms with Crippen molar-refractivity contribution in [2.75, 3.05) is 26.9 Å². The first kappa shape index (κ1) is 57.3. The Balaban J connectivity index is 4.51. The van der Waals surface area contributed by atoms with Gasteiger partial charge in [-0.2, -0.15) is 0 Å². The van der Waals surface area contributed by atoms with E-state index in [4.69, 9.17) is 18.9 Å². The Kier molecular flexibility index (Phi) is 40.5. The number of carbonyl (C=O) groups excluding carboxylic acids is 3. The Hall–Kier alpha value is -1.67. The highest BCUT2D eigenvalue weighted by Gasteiger charge is 2.26. The van der Waals surface area contributed by atoms with E-state index in [1.54, 1.807) is 7.11 Å². The van der Waals surface area contributed by atoms with E-state index >= 15 is 0 Å². The number of amides is 1. The van der Waals surface area contributed by atoms with Gasteiger partial charge in [0.2, 0.25) is 12.0 Å². The summed E-state index contributed by atoms with van der Waals surface area (Å²) in [6.07, 6.45) is 38.9. The van der Waals surface area contributed by atoms with Gasteiger partial charge in [-0.05, 0) is 52.4 Å². The van der Waals surface area contributed by atoms with E-state index in [-0.39, 0.29) is 43.1 Å². The van der Waals surface area contributed by atoms with Crippen LogP contribution in [0.2, 0.25) is 0 Å². The highest BCUT2D eigenvalue weighted by molar-refractivity contribution is 5.81. The minimum Gasteiger partial charge on any atom is -0.463 e. The lowest BCUT2D eigenvalue weighted by Crippen LogP contribution is -2.41. The molecule has 0 aliphatic rings. The molecule has 3 atom stereocenters. The molecule has 0 bridgehead atoms. The lowest BCUT2D eigenvalue weighted by Gasteiger charge is -2.25. The molecule has 0 aliphatic heterocycles. The number of carbonyl (C=O) groups is 3. The molecule has 0 radical (unpaired) electrons. The predicted molar refractivity (Wildman–Crippen MR) is 248 cm³/mol. The van der Waals surface area contributed by atoms with Crippen LogP contribution in [0.4, 0.5) is 0 Å². The highest BCUT2D eigenvalue weighted by Crippen LogP contribution is 2.18. The van der Waals surface area contributed by atoms with E-state index in [1.807, 2.05) is 20.8 Å². The molecule has 0 spiro atoms. The van der Waals surface area contributed by atoms with Gasteiger partial charge in [0.15, 0.2) is 0 Å². The molecule has 0 saturated heterocycles. The van der Waals surface area contributed by atoms with Crippen molar-refractivity contribution in [3.63, 3.8) is 0 Å². The minimum atomic E-state index is -1.15. The molecular weight excluding hydrogens is 739 g/mol. The van der Waals surface area contributed by atoms with E-state index in [0.29, 0.717) is 19.4 Å². The molecule has 350 valence electrons. The SMILES string of the molecule is CCCCCCCCCCCCCCCCCC(=O)NCC(OC(=O)CCCCCCCCCCCCCCCCC)C(=O)OCCC(C)C(C)OCCC(C)(C)OC. The molecule has 0 aromatic rings. The minimum absolute atomic E-state index is 0.0103. The van der Waals surface area contributed by atoms with Crippen LogP contribution in [-0.4, -0.2) is 62.5 Å². The predicted octanol–water partition coefficient (Wildman–Crippen LogP) is 14.3. The Morgan fingerprint density at radius 2 is 0.932 bits per heavy atom. The first-order valence-electron chi connectivity index (χ1n) is 25.4. The van der Waals surface area contributed by atoms with Gasteiger partial charge in [0.1, 0.15) is 0 Å². The maximum Gasteiger partial charge on any atom is 0.349 e. The summed E-state index contributed by atoms with van der Waals surface area (Å²) < 4.78 is 22.8. The summed E-state index contributed by atoms with van der Waals surface area (Å²) in [5.41, 5.74) is -0.238. The average Bonchev–Trinajstić information content (AvgIpc) is 3.22. The fourth-order valence-electron chi connectivity index (χ4n) is 7.41. The summed E-state index contributed by atoms with van der Waals surface area (Å²) in [4.78, 5) is 38.8. The highest BCUT2D eigenvalue weighted by atomic mass is 16.6. The van der Waals surface area contributed by atoms with Crippen LogP contribution < -0.4 is 5.32 Å². The monoisotopic (exact) mass is 838 g/mol. The van der Waals surface area contributed by atoms with Crippen LogP contribution in [0.5, 0.6) is 0 Å². The Morgan fingerprint density at radius 3 is 1.34 bits per heavy atom. The van der Waals surface area contributed by atoms with Crippen LogP contribution in [0.15, 0.2) is 0 Å². The molecule has 0 aliphatic carbocycles. The van der Waals surface area contributed by atoms with Crippen molar-refractivity contribution < 1.29 is 33.3 Å². The zero-order valence-corrected chi connectivity index (χ0v) is 40.3.